The molecule has 0 spiro atoms. The molecule has 6 rings (SSSR count). The van der Waals surface area contributed by atoms with E-state index in [1.54, 1.807) is 0 Å². The van der Waals surface area contributed by atoms with Crippen LogP contribution in [0, 0.1) is 0 Å². The average molecular weight is 402 g/mol. The minimum atomic E-state index is 0.146. The molecule has 0 aliphatic heterocycles. The zero-order valence-corrected chi connectivity index (χ0v) is 18.7. The lowest BCUT2D eigenvalue weighted by Gasteiger charge is -2.23. The van der Waals surface area contributed by atoms with Gasteiger partial charge in [-0.15, -0.1) is 0 Å². The molecule has 0 saturated heterocycles. The molecule has 0 amide bonds. The summed E-state index contributed by atoms with van der Waals surface area (Å²) in [6, 6.07) is 26.5. The van der Waals surface area contributed by atoms with E-state index in [1.165, 1.54) is 49.2 Å². The molecule has 0 saturated carbocycles. The molecule has 1 heteroatoms. The Kier molecular flexibility index (Phi) is 3.69. The number of hydrogen-bond acceptors (Lipinski definition) is 1. The van der Waals surface area contributed by atoms with Crippen molar-refractivity contribution in [2.45, 2.75) is 44.9 Å². The molecule has 5 aromatic rings. The third-order valence-electron chi connectivity index (χ3n) is 7.23. The summed E-state index contributed by atoms with van der Waals surface area (Å²) in [4.78, 5) is 5.08. The number of hydrogen-bond donors (Lipinski definition) is 0. The summed E-state index contributed by atoms with van der Waals surface area (Å²) in [5, 5.41) is 6.40. The second-order valence-corrected chi connectivity index (χ2v) is 10.4. The van der Waals surface area contributed by atoms with Gasteiger partial charge in [0.05, 0.1) is 5.52 Å². The molecule has 0 radical (unpaired) electrons. The molecule has 0 N–H and O–H groups in total. The Bertz CT molecular complexity index is 1490. The van der Waals surface area contributed by atoms with Crippen molar-refractivity contribution < 1.29 is 0 Å². The number of benzene rings is 4. The van der Waals surface area contributed by atoms with Crippen molar-refractivity contribution in [3.05, 3.63) is 90.1 Å². The highest BCUT2D eigenvalue weighted by Crippen LogP contribution is 2.52. The number of nitrogens with zero attached hydrogens (tertiary/aromatic N) is 1. The molecule has 1 aliphatic rings. The smallest absolute Gasteiger partial charge is 0.0783 e. The van der Waals surface area contributed by atoms with Gasteiger partial charge in [-0.1, -0.05) is 94.4 Å². The van der Waals surface area contributed by atoms with E-state index in [2.05, 4.69) is 107 Å². The van der Waals surface area contributed by atoms with Crippen LogP contribution in [0.1, 0.15) is 45.2 Å². The highest BCUT2D eigenvalue weighted by atomic mass is 14.7. The second-order valence-electron chi connectivity index (χ2n) is 10.4. The molecule has 1 aromatic heterocycles. The van der Waals surface area contributed by atoms with E-state index in [0.717, 1.165) is 11.9 Å². The lowest BCUT2D eigenvalue weighted by Crippen LogP contribution is -2.18. The topological polar surface area (TPSA) is 12.9 Å². The van der Waals surface area contributed by atoms with Crippen LogP contribution in [0.15, 0.2) is 79.0 Å². The summed E-state index contributed by atoms with van der Waals surface area (Å²) in [6.07, 6.45) is 3.31. The molecule has 0 fully saturated rings. The predicted octanol–water partition coefficient (Wildman–Crippen LogP) is 8.17. The molecule has 1 heterocycles. The fourth-order valence-corrected chi connectivity index (χ4v) is 6.25. The van der Waals surface area contributed by atoms with Crippen LogP contribution in [-0.4, -0.2) is 4.98 Å². The first-order chi connectivity index (χ1) is 14.9. The van der Waals surface area contributed by atoms with Gasteiger partial charge in [-0.3, -0.25) is 4.98 Å². The van der Waals surface area contributed by atoms with Gasteiger partial charge in [0.2, 0.25) is 0 Å². The summed E-state index contributed by atoms with van der Waals surface area (Å²) >= 11 is 0. The van der Waals surface area contributed by atoms with Crippen LogP contribution < -0.4 is 0 Å². The van der Waals surface area contributed by atoms with Gasteiger partial charge in [0.1, 0.15) is 0 Å². The van der Waals surface area contributed by atoms with Gasteiger partial charge in [0.25, 0.3) is 0 Å². The van der Waals surface area contributed by atoms with Crippen molar-refractivity contribution >= 4 is 32.4 Å². The number of pyridine rings is 1. The Hall–Kier alpha value is -3.19. The normalized spacial score (nSPS) is 16.8. The minimum absolute atomic E-state index is 0.146. The first-order valence-corrected chi connectivity index (χ1v) is 11.2. The Morgan fingerprint density at radius 2 is 1.39 bits per heavy atom. The fourth-order valence-electron chi connectivity index (χ4n) is 6.25. The maximum Gasteiger partial charge on any atom is 0.0783 e. The Labute approximate surface area is 183 Å². The van der Waals surface area contributed by atoms with Gasteiger partial charge in [-0.2, -0.15) is 0 Å². The molecule has 0 bridgehead atoms. The van der Waals surface area contributed by atoms with Crippen molar-refractivity contribution in [1.29, 1.82) is 0 Å². The lowest BCUT2D eigenvalue weighted by molar-refractivity contribution is 0.404. The summed E-state index contributed by atoms with van der Waals surface area (Å²) in [7, 11) is 0. The number of aromatic nitrogens is 1. The molecule has 152 valence electrons. The Morgan fingerprint density at radius 3 is 2.19 bits per heavy atom. The Morgan fingerprint density at radius 1 is 0.677 bits per heavy atom. The van der Waals surface area contributed by atoms with Crippen LogP contribution in [0.5, 0.6) is 0 Å². The van der Waals surface area contributed by atoms with Crippen molar-refractivity contribution in [2.24, 2.45) is 0 Å². The molecule has 1 aliphatic carbocycles. The number of rotatable bonds is 1. The quantitative estimate of drug-likeness (QED) is 0.204. The van der Waals surface area contributed by atoms with Crippen molar-refractivity contribution in [2.75, 3.05) is 0 Å². The van der Waals surface area contributed by atoms with E-state index < -0.39 is 0 Å². The largest absolute Gasteiger partial charge is 0.255 e. The van der Waals surface area contributed by atoms with Gasteiger partial charge < -0.3 is 0 Å². The van der Waals surface area contributed by atoms with Crippen molar-refractivity contribution in [3.8, 4) is 11.1 Å². The van der Waals surface area contributed by atoms with Gasteiger partial charge in [0, 0.05) is 17.0 Å². The molecule has 31 heavy (non-hydrogen) atoms. The van der Waals surface area contributed by atoms with Crippen LogP contribution >= 0.6 is 0 Å². The van der Waals surface area contributed by atoms with Gasteiger partial charge in [-0.25, -0.2) is 0 Å². The molecule has 4 aromatic carbocycles. The second kappa shape index (κ2) is 6.17. The van der Waals surface area contributed by atoms with Crippen LogP contribution in [0.3, 0.4) is 0 Å². The lowest BCUT2D eigenvalue weighted by atomic mass is 9.81. The summed E-state index contributed by atoms with van der Waals surface area (Å²) in [6.45, 7) is 9.49. The van der Waals surface area contributed by atoms with Crippen LogP contribution in [0.4, 0.5) is 0 Å². The van der Waals surface area contributed by atoms with Crippen LogP contribution in [0.2, 0.25) is 0 Å². The first kappa shape index (κ1) is 18.6. The minimum Gasteiger partial charge on any atom is -0.255 e. The van der Waals surface area contributed by atoms with E-state index in [0.29, 0.717) is 0 Å². The zero-order chi connectivity index (χ0) is 21.4. The predicted molar refractivity (Wildman–Crippen MR) is 133 cm³/mol. The van der Waals surface area contributed by atoms with E-state index in [9.17, 15) is 0 Å². The highest BCUT2D eigenvalue weighted by molar-refractivity contribution is 6.19. The van der Waals surface area contributed by atoms with E-state index >= 15 is 0 Å². The summed E-state index contributed by atoms with van der Waals surface area (Å²) < 4.78 is 0. The monoisotopic (exact) mass is 401 g/mol. The molecular weight excluding hydrogens is 374 g/mol. The first-order valence-electron chi connectivity index (χ1n) is 11.2. The third-order valence-corrected chi connectivity index (χ3v) is 7.23. The molecule has 0 atom stereocenters. The maximum atomic E-state index is 5.08. The summed E-state index contributed by atoms with van der Waals surface area (Å²) in [5.74, 6) is 0. The Balaban J connectivity index is 1.80. The van der Waals surface area contributed by atoms with Gasteiger partial charge >= 0.3 is 0 Å². The third kappa shape index (κ3) is 2.59. The fraction of sp³-hybridized carbons (Fsp3) is 0.233. The van der Waals surface area contributed by atoms with Crippen LogP contribution in [0.25, 0.3) is 43.6 Å². The van der Waals surface area contributed by atoms with Crippen LogP contribution in [-0.2, 0) is 10.8 Å². The average Bonchev–Trinajstić information content (AvgIpc) is 2.96. The van der Waals surface area contributed by atoms with Crippen molar-refractivity contribution in [3.63, 3.8) is 0 Å². The molecule has 0 unspecified atom stereocenters. The summed E-state index contributed by atoms with van der Waals surface area (Å²) in [5.41, 5.74) is 6.89. The van der Waals surface area contributed by atoms with Crippen molar-refractivity contribution in [1.82, 2.24) is 4.98 Å². The van der Waals surface area contributed by atoms with Gasteiger partial charge in [0.15, 0.2) is 0 Å². The van der Waals surface area contributed by atoms with E-state index in [4.69, 9.17) is 4.98 Å². The van der Waals surface area contributed by atoms with E-state index in [-0.39, 0.29) is 10.8 Å². The van der Waals surface area contributed by atoms with Gasteiger partial charge in [-0.05, 0) is 61.7 Å². The standard InChI is InChI=1S/C30H27N/c1-29(2)18-30(3,4)27-23-15-14-22-24(28(23)31-17-25(27)29)16-20-12-8-9-13-21(20)26(22)19-10-6-5-7-11-19/h5-17H,18H2,1-4H3. The molecular formula is C30H27N. The highest BCUT2D eigenvalue weighted by Gasteiger charge is 2.43. The maximum absolute atomic E-state index is 5.08. The SMILES string of the molecule is CC1(C)CC(C)(C)c2c1cnc1c2ccc2c(-c3ccccc3)c3ccccc3cc21. The molecule has 1 nitrogen and oxygen atoms in total. The number of fused-ring (bicyclic) bond motifs is 6. The van der Waals surface area contributed by atoms with E-state index in [1.807, 2.05) is 0 Å². The zero-order valence-electron chi connectivity index (χ0n) is 18.7.